The Morgan fingerprint density at radius 2 is 2.18 bits per heavy atom. The third-order valence-corrected chi connectivity index (χ3v) is 3.27. The van der Waals surface area contributed by atoms with Gasteiger partial charge in [0.05, 0.1) is 0 Å². The first-order valence-electron chi connectivity index (χ1n) is 4.16. The fraction of sp³-hybridized carbons (Fsp3) is 1.00. The lowest BCUT2D eigenvalue weighted by Gasteiger charge is -2.33. The van der Waals surface area contributed by atoms with Gasteiger partial charge < -0.3 is 0 Å². The first-order valence-corrected chi connectivity index (χ1v) is 5.12. The highest BCUT2D eigenvalue weighted by Crippen LogP contribution is 2.28. The molecule has 0 aromatic rings. The Labute approximate surface area is 81.8 Å². The van der Waals surface area contributed by atoms with Gasteiger partial charge in [-0.1, -0.05) is 13.8 Å². The van der Waals surface area contributed by atoms with E-state index < -0.39 is 6.17 Å². The van der Waals surface area contributed by atoms with E-state index in [-0.39, 0.29) is 0 Å². The van der Waals surface area contributed by atoms with Crippen molar-refractivity contribution in [1.29, 1.82) is 0 Å². The molecule has 1 nitrogen and oxygen atoms in total. The fourth-order valence-electron chi connectivity index (χ4n) is 1.64. The summed E-state index contributed by atoms with van der Waals surface area (Å²) in [5, 5.41) is 0. The van der Waals surface area contributed by atoms with Crippen molar-refractivity contribution in [2.24, 2.45) is 11.8 Å². The van der Waals surface area contributed by atoms with Crippen LogP contribution in [0.3, 0.4) is 0 Å². The van der Waals surface area contributed by atoms with Crippen molar-refractivity contribution in [3.05, 3.63) is 0 Å². The highest BCUT2D eigenvalue weighted by atomic mass is 127. The van der Waals surface area contributed by atoms with Crippen molar-refractivity contribution < 1.29 is 4.39 Å². The van der Waals surface area contributed by atoms with Crippen LogP contribution in [0.1, 0.15) is 20.3 Å². The van der Waals surface area contributed by atoms with Crippen molar-refractivity contribution >= 4 is 22.9 Å². The van der Waals surface area contributed by atoms with Crippen LogP contribution >= 0.6 is 22.9 Å². The number of hydrogen-bond acceptors (Lipinski definition) is 1. The average Bonchev–Trinajstić information content (AvgIpc) is 1.85. The van der Waals surface area contributed by atoms with Crippen LogP contribution in [0.25, 0.3) is 0 Å². The predicted octanol–water partition coefficient (Wildman–Crippen LogP) is 2.65. The van der Waals surface area contributed by atoms with E-state index in [1.54, 1.807) is 0 Å². The Bertz CT molecular complexity index is 129. The Kier molecular flexibility index (Phi) is 3.55. The number of hydrogen-bond donors (Lipinski definition) is 0. The van der Waals surface area contributed by atoms with Crippen LogP contribution < -0.4 is 0 Å². The van der Waals surface area contributed by atoms with Crippen molar-refractivity contribution in [2.45, 2.75) is 26.4 Å². The average molecular weight is 271 g/mol. The van der Waals surface area contributed by atoms with E-state index in [1.165, 1.54) is 0 Å². The molecule has 0 aliphatic carbocycles. The monoisotopic (exact) mass is 271 g/mol. The molecule has 0 aromatic carbocycles. The largest absolute Gasteiger partial charge is 0.246 e. The molecule has 0 saturated carbocycles. The Hall–Kier alpha value is 0.620. The summed E-state index contributed by atoms with van der Waals surface area (Å²) in [5.41, 5.74) is 0. The smallest absolute Gasteiger partial charge is 0.117 e. The van der Waals surface area contributed by atoms with Crippen LogP contribution in [-0.4, -0.2) is 22.4 Å². The summed E-state index contributed by atoms with van der Waals surface area (Å²) in [4.78, 5) is 0. The van der Waals surface area contributed by atoms with Gasteiger partial charge in [0.25, 0.3) is 0 Å². The van der Waals surface area contributed by atoms with Gasteiger partial charge in [-0.3, -0.25) is 0 Å². The van der Waals surface area contributed by atoms with E-state index in [2.05, 4.69) is 36.7 Å². The minimum Gasteiger partial charge on any atom is -0.246 e. The van der Waals surface area contributed by atoms with Crippen molar-refractivity contribution in [3.63, 3.8) is 0 Å². The summed E-state index contributed by atoms with van der Waals surface area (Å²) < 4.78 is 15.3. The quantitative estimate of drug-likeness (QED) is 0.523. The van der Waals surface area contributed by atoms with Gasteiger partial charge in [0, 0.05) is 36.0 Å². The van der Waals surface area contributed by atoms with Gasteiger partial charge in [-0.2, -0.15) is 0 Å². The third kappa shape index (κ3) is 2.54. The molecule has 11 heavy (non-hydrogen) atoms. The molecule has 1 heterocycles. The Morgan fingerprint density at radius 1 is 1.55 bits per heavy atom. The molecular weight excluding hydrogens is 256 g/mol. The molecule has 0 amide bonds. The van der Waals surface area contributed by atoms with Gasteiger partial charge in [0.1, 0.15) is 6.17 Å². The summed E-state index contributed by atoms with van der Waals surface area (Å²) in [6.07, 6.45) is 0.405. The minimum atomic E-state index is -0.611. The van der Waals surface area contributed by atoms with Gasteiger partial charge in [-0.15, -0.1) is 0 Å². The van der Waals surface area contributed by atoms with E-state index in [0.29, 0.717) is 18.4 Å². The van der Waals surface area contributed by atoms with E-state index in [9.17, 15) is 4.39 Å². The van der Waals surface area contributed by atoms with Gasteiger partial charge in [-0.05, 0) is 18.3 Å². The molecule has 1 fully saturated rings. The summed E-state index contributed by atoms with van der Waals surface area (Å²) in [5.74, 6) is 0.788. The molecule has 0 bridgehead atoms. The maximum absolute atomic E-state index is 13.3. The number of rotatable bonds is 1. The number of nitrogens with zero attached hydrogens (tertiary/aromatic N) is 1. The van der Waals surface area contributed by atoms with Gasteiger partial charge in [0.2, 0.25) is 0 Å². The second kappa shape index (κ2) is 4.03. The Morgan fingerprint density at radius 3 is 2.64 bits per heavy atom. The highest BCUT2D eigenvalue weighted by molar-refractivity contribution is 14.1. The molecule has 0 unspecified atom stereocenters. The summed E-state index contributed by atoms with van der Waals surface area (Å²) >= 11 is 2.20. The zero-order valence-corrected chi connectivity index (χ0v) is 9.21. The first-order chi connectivity index (χ1) is 5.11. The van der Waals surface area contributed by atoms with Crippen molar-refractivity contribution in [2.75, 3.05) is 13.1 Å². The van der Waals surface area contributed by atoms with E-state index in [4.69, 9.17) is 0 Å². The standard InChI is InChI=1S/C8H15FIN/c1-6(2)7-3-4-11(10)5-8(7)9/h6-8H,3-5H2,1-2H3/t7-,8-/m1/s1. The van der Waals surface area contributed by atoms with Crippen LogP contribution in [-0.2, 0) is 0 Å². The van der Waals surface area contributed by atoms with Crippen LogP contribution in [0.2, 0.25) is 0 Å². The van der Waals surface area contributed by atoms with E-state index >= 15 is 0 Å². The highest BCUT2D eigenvalue weighted by Gasteiger charge is 2.29. The maximum atomic E-state index is 13.3. The van der Waals surface area contributed by atoms with Crippen LogP contribution in [0.4, 0.5) is 4.39 Å². The van der Waals surface area contributed by atoms with Crippen LogP contribution in [0.15, 0.2) is 0 Å². The Balaban J connectivity index is 2.44. The zero-order valence-electron chi connectivity index (χ0n) is 7.06. The third-order valence-electron chi connectivity index (χ3n) is 2.40. The molecule has 1 saturated heterocycles. The molecular formula is C8H15FIN. The summed E-state index contributed by atoms with van der Waals surface area (Å²) in [6.45, 7) is 5.88. The normalized spacial score (nSPS) is 34.6. The second-order valence-electron chi connectivity index (χ2n) is 3.58. The number of halogens is 2. The van der Waals surface area contributed by atoms with E-state index in [1.807, 2.05) is 3.11 Å². The van der Waals surface area contributed by atoms with E-state index in [0.717, 1.165) is 13.0 Å². The lowest BCUT2D eigenvalue weighted by atomic mass is 9.86. The molecule has 2 atom stereocenters. The fourth-order valence-corrected chi connectivity index (χ4v) is 2.29. The topological polar surface area (TPSA) is 3.24 Å². The molecule has 1 aliphatic heterocycles. The van der Waals surface area contributed by atoms with Crippen LogP contribution in [0, 0.1) is 11.8 Å². The van der Waals surface area contributed by atoms with Crippen LogP contribution in [0.5, 0.6) is 0 Å². The number of alkyl halides is 1. The van der Waals surface area contributed by atoms with Gasteiger partial charge >= 0.3 is 0 Å². The lowest BCUT2D eigenvalue weighted by molar-refractivity contribution is 0.113. The number of piperidine rings is 1. The van der Waals surface area contributed by atoms with Gasteiger partial charge in [-0.25, -0.2) is 7.50 Å². The first kappa shape index (κ1) is 9.71. The van der Waals surface area contributed by atoms with Crippen molar-refractivity contribution in [1.82, 2.24) is 3.11 Å². The molecule has 0 spiro atoms. The summed E-state index contributed by atoms with van der Waals surface area (Å²) in [7, 11) is 0. The van der Waals surface area contributed by atoms with Crippen molar-refractivity contribution in [3.8, 4) is 0 Å². The van der Waals surface area contributed by atoms with Gasteiger partial charge in [0.15, 0.2) is 0 Å². The molecule has 3 heteroatoms. The SMILES string of the molecule is CC(C)[C@H]1CCN(I)C[C@H]1F. The molecule has 1 rings (SSSR count). The molecule has 0 radical (unpaired) electrons. The lowest BCUT2D eigenvalue weighted by Crippen LogP contribution is -2.38. The molecule has 1 aliphatic rings. The molecule has 0 aromatic heterocycles. The second-order valence-corrected chi connectivity index (χ2v) is 4.95. The maximum Gasteiger partial charge on any atom is 0.117 e. The molecule has 66 valence electrons. The predicted molar refractivity (Wildman–Crippen MR) is 53.4 cm³/mol. The zero-order chi connectivity index (χ0) is 8.43. The summed E-state index contributed by atoms with van der Waals surface area (Å²) in [6, 6.07) is 0. The minimum absolute atomic E-state index is 0.293. The molecule has 0 N–H and O–H groups in total.